The lowest BCUT2D eigenvalue weighted by Crippen LogP contribution is -2.14. The Bertz CT molecular complexity index is 1310. The zero-order chi connectivity index (χ0) is 25.5. The lowest BCUT2D eigenvalue weighted by Gasteiger charge is -2.12. The van der Waals surface area contributed by atoms with Crippen LogP contribution in [-0.2, 0) is 4.79 Å². The minimum Gasteiger partial charge on any atom is -0.494 e. The Morgan fingerprint density at radius 3 is 2.42 bits per heavy atom. The molecular weight excluding hydrogens is 492 g/mol. The van der Waals surface area contributed by atoms with Crippen LogP contribution in [0.15, 0.2) is 78.0 Å². The van der Waals surface area contributed by atoms with Crippen molar-refractivity contribution in [1.29, 1.82) is 0 Å². The first-order valence-corrected chi connectivity index (χ1v) is 13.3. The number of carbonyl (C=O) groups is 1. The molecule has 1 amide bonds. The molecule has 0 radical (unpaired) electrons. The predicted octanol–water partition coefficient (Wildman–Crippen LogP) is 7.23. The molecule has 1 N–H and O–H groups in total. The average Bonchev–Trinajstić information content (AvgIpc) is 3.32. The number of thioether (sulfide) groups is 1. The average molecular weight is 521 g/mol. The van der Waals surface area contributed by atoms with E-state index >= 15 is 0 Å². The van der Waals surface area contributed by atoms with Crippen LogP contribution in [0.5, 0.6) is 5.75 Å². The second kappa shape index (κ2) is 12.1. The molecule has 8 heteroatoms. The van der Waals surface area contributed by atoms with Crippen LogP contribution in [0, 0.1) is 0 Å². The summed E-state index contributed by atoms with van der Waals surface area (Å²) < 4.78 is 7.50. The monoisotopic (exact) mass is 520 g/mol. The number of anilines is 1. The third kappa shape index (κ3) is 6.09. The van der Waals surface area contributed by atoms with Crippen LogP contribution in [0.3, 0.4) is 0 Å². The molecule has 3 aromatic carbocycles. The molecule has 0 fully saturated rings. The highest BCUT2D eigenvalue weighted by molar-refractivity contribution is 7.99. The number of halogens is 1. The number of hydrogen-bond donors (Lipinski definition) is 1. The van der Waals surface area contributed by atoms with E-state index in [0.717, 1.165) is 29.1 Å². The molecule has 0 saturated carbocycles. The van der Waals surface area contributed by atoms with E-state index in [0.29, 0.717) is 28.5 Å². The molecule has 0 aliphatic rings. The number of aromatic nitrogens is 3. The van der Waals surface area contributed by atoms with Gasteiger partial charge in [-0.2, -0.15) is 0 Å². The lowest BCUT2D eigenvalue weighted by atomic mass is 9.99. The van der Waals surface area contributed by atoms with Crippen molar-refractivity contribution in [3.8, 4) is 22.8 Å². The van der Waals surface area contributed by atoms with E-state index in [4.69, 9.17) is 16.3 Å². The van der Waals surface area contributed by atoms with Crippen LogP contribution in [0.4, 0.5) is 5.69 Å². The van der Waals surface area contributed by atoms with Gasteiger partial charge in [-0.05, 0) is 73.4 Å². The molecule has 4 rings (SSSR count). The summed E-state index contributed by atoms with van der Waals surface area (Å²) in [6.07, 6.45) is 1.08. The summed E-state index contributed by atoms with van der Waals surface area (Å²) >= 11 is 7.80. The standard InChI is InChI=1S/C28H29ClN4O2S/c1-4-19(3)20-10-12-21(13-11-20)30-26(34)18-36-28-32-31-27(24-8-6-7-9-25(24)29)33(28)22-14-16-23(17-15-22)35-5-2/h6-17,19H,4-5,18H2,1-3H3,(H,30,34)/t19-/m1/s1. The molecule has 0 aliphatic carbocycles. The molecule has 6 nitrogen and oxygen atoms in total. The van der Waals surface area contributed by atoms with E-state index in [2.05, 4.69) is 41.5 Å². The fraction of sp³-hybridized carbons (Fsp3) is 0.250. The number of nitrogens with one attached hydrogen (secondary N) is 1. The molecule has 1 atom stereocenters. The van der Waals surface area contributed by atoms with Gasteiger partial charge in [-0.25, -0.2) is 0 Å². The van der Waals surface area contributed by atoms with Gasteiger partial charge >= 0.3 is 0 Å². The van der Waals surface area contributed by atoms with E-state index in [1.54, 1.807) is 0 Å². The first-order valence-electron chi connectivity index (χ1n) is 12.0. The summed E-state index contributed by atoms with van der Waals surface area (Å²) in [5, 5.41) is 13.0. The summed E-state index contributed by atoms with van der Waals surface area (Å²) in [4.78, 5) is 12.7. The van der Waals surface area contributed by atoms with Gasteiger partial charge in [-0.15, -0.1) is 10.2 Å². The molecule has 0 unspecified atom stereocenters. The van der Waals surface area contributed by atoms with Crippen LogP contribution in [-0.4, -0.2) is 33.0 Å². The van der Waals surface area contributed by atoms with Crippen LogP contribution in [0.1, 0.15) is 38.7 Å². The Hall–Kier alpha value is -3.29. The smallest absolute Gasteiger partial charge is 0.234 e. The highest BCUT2D eigenvalue weighted by Gasteiger charge is 2.19. The number of ether oxygens (including phenoxy) is 1. The van der Waals surface area contributed by atoms with E-state index in [1.807, 2.05) is 72.2 Å². The predicted molar refractivity (Wildman–Crippen MR) is 147 cm³/mol. The zero-order valence-electron chi connectivity index (χ0n) is 20.6. The third-order valence-corrected chi connectivity index (χ3v) is 7.12. The minimum absolute atomic E-state index is 0.114. The van der Waals surface area contributed by atoms with Gasteiger partial charge in [0.1, 0.15) is 5.75 Å². The van der Waals surface area contributed by atoms with Gasteiger partial charge in [0.05, 0.1) is 17.4 Å². The maximum absolute atomic E-state index is 12.7. The lowest BCUT2D eigenvalue weighted by molar-refractivity contribution is -0.113. The summed E-state index contributed by atoms with van der Waals surface area (Å²) in [5.74, 6) is 1.95. The Morgan fingerprint density at radius 1 is 1.03 bits per heavy atom. The SMILES string of the molecule is CCOc1ccc(-n2c(SCC(=O)Nc3ccc([C@H](C)CC)cc3)nnc2-c2ccccc2Cl)cc1. The third-order valence-electron chi connectivity index (χ3n) is 5.86. The van der Waals surface area contributed by atoms with Crippen molar-refractivity contribution in [2.75, 3.05) is 17.7 Å². The van der Waals surface area contributed by atoms with Crippen molar-refractivity contribution in [1.82, 2.24) is 14.8 Å². The Labute approximate surface area is 221 Å². The molecule has 0 spiro atoms. The Balaban J connectivity index is 1.55. The van der Waals surface area contributed by atoms with Gasteiger partial charge in [0, 0.05) is 16.9 Å². The van der Waals surface area contributed by atoms with Crippen LogP contribution in [0.2, 0.25) is 5.02 Å². The quantitative estimate of drug-likeness (QED) is 0.223. The van der Waals surface area contributed by atoms with Crippen molar-refractivity contribution >= 4 is 35.0 Å². The first-order chi connectivity index (χ1) is 17.5. The zero-order valence-corrected chi connectivity index (χ0v) is 22.1. The number of nitrogens with zero attached hydrogens (tertiary/aromatic N) is 3. The molecule has 0 bridgehead atoms. The number of benzene rings is 3. The fourth-order valence-electron chi connectivity index (χ4n) is 3.73. The maximum Gasteiger partial charge on any atom is 0.234 e. The van der Waals surface area contributed by atoms with E-state index < -0.39 is 0 Å². The molecule has 36 heavy (non-hydrogen) atoms. The largest absolute Gasteiger partial charge is 0.494 e. The number of amides is 1. The van der Waals surface area contributed by atoms with Gasteiger partial charge in [-0.1, -0.05) is 61.5 Å². The Morgan fingerprint density at radius 2 is 1.75 bits per heavy atom. The summed E-state index contributed by atoms with van der Waals surface area (Å²) in [6.45, 7) is 6.90. The molecule has 4 aromatic rings. The maximum atomic E-state index is 12.7. The van der Waals surface area contributed by atoms with Crippen molar-refractivity contribution in [3.63, 3.8) is 0 Å². The fourth-order valence-corrected chi connectivity index (χ4v) is 4.70. The van der Waals surface area contributed by atoms with Crippen molar-refractivity contribution in [2.24, 2.45) is 0 Å². The van der Waals surface area contributed by atoms with Gasteiger partial charge in [0.25, 0.3) is 0 Å². The summed E-state index contributed by atoms with van der Waals surface area (Å²) in [6, 6.07) is 23.2. The highest BCUT2D eigenvalue weighted by Crippen LogP contribution is 2.32. The van der Waals surface area contributed by atoms with Crippen LogP contribution >= 0.6 is 23.4 Å². The molecular formula is C28H29ClN4O2S. The second-order valence-corrected chi connectivity index (χ2v) is 9.67. The van der Waals surface area contributed by atoms with Crippen LogP contribution < -0.4 is 10.1 Å². The summed E-state index contributed by atoms with van der Waals surface area (Å²) in [5.41, 5.74) is 3.65. The van der Waals surface area contributed by atoms with E-state index in [-0.39, 0.29) is 11.7 Å². The summed E-state index contributed by atoms with van der Waals surface area (Å²) in [7, 11) is 0. The Kier molecular flexibility index (Phi) is 8.67. The molecule has 1 heterocycles. The highest BCUT2D eigenvalue weighted by atomic mass is 35.5. The van der Waals surface area contributed by atoms with Gasteiger partial charge < -0.3 is 10.1 Å². The van der Waals surface area contributed by atoms with Crippen LogP contribution in [0.25, 0.3) is 17.1 Å². The number of carbonyl (C=O) groups excluding carboxylic acids is 1. The molecule has 1 aromatic heterocycles. The van der Waals surface area contributed by atoms with Gasteiger partial charge in [0.15, 0.2) is 11.0 Å². The van der Waals surface area contributed by atoms with E-state index in [1.165, 1.54) is 17.3 Å². The normalized spacial score (nSPS) is 11.8. The molecule has 0 saturated heterocycles. The first kappa shape index (κ1) is 25.8. The number of rotatable bonds is 10. The van der Waals surface area contributed by atoms with Crippen molar-refractivity contribution in [3.05, 3.63) is 83.4 Å². The number of hydrogen-bond acceptors (Lipinski definition) is 5. The molecule has 0 aliphatic heterocycles. The minimum atomic E-state index is -0.114. The van der Waals surface area contributed by atoms with Crippen molar-refractivity contribution in [2.45, 2.75) is 38.3 Å². The molecule has 186 valence electrons. The van der Waals surface area contributed by atoms with Crippen molar-refractivity contribution < 1.29 is 9.53 Å². The van der Waals surface area contributed by atoms with Gasteiger partial charge in [-0.3, -0.25) is 9.36 Å². The second-order valence-electron chi connectivity index (χ2n) is 8.32. The topological polar surface area (TPSA) is 69.0 Å². The van der Waals surface area contributed by atoms with E-state index in [9.17, 15) is 4.79 Å². The van der Waals surface area contributed by atoms with Gasteiger partial charge in [0.2, 0.25) is 5.91 Å².